The monoisotopic (exact) mass is 578 g/mol. The van der Waals surface area contributed by atoms with Gasteiger partial charge in [-0.3, -0.25) is 4.79 Å². The van der Waals surface area contributed by atoms with Crippen molar-refractivity contribution in [1.82, 2.24) is 0 Å². The molecule has 0 bridgehead atoms. The maximum atomic E-state index is 11.5. The van der Waals surface area contributed by atoms with Crippen molar-refractivity contribution in [1.29, 1.82) is 0 Å². The van der Waals surface area contributed by atoms with E-state index in [0.29, 0.717) is 5.56 Å². The number of benzene rings is 5. The van der Waals surface area contributed by atoms with Crippen LogP contribution in [0.15, 0.2) is 150 Å². The average Bonchev–Trinajstić information content (AvgIpc) is 2.97. The summed E-state index contributed by atoms with van der Waals surface area (Å²) in [7, 11) is -1.95. The van der Waals surface area contributed by atoms with Gasteiger partial charge in [0.15, 0.2) is 5.78 Å². The fourth-order valence-electron chi connectivity index (χ4n) is 4.59. The molecule has 0 spiro atoms. The van der Waals surface area contributed by atoms with Gasteiger partial charge in [0.25, 0.3) is 0 Å². The Hall–Kier alpha value is -3.72. The van der Waals surface area contributed by atoms with Crippen LogP contribution in [0.25, 0.3) is 0 Å². The molecule has 5 aromatic rings. The first kappa shape index (κ1) is 27.3. The van der Waals surface area contributed by atoms with Crippen LogP contribution in [0.3, 0.4) is 0 Å². The van der Waals surface area contributed by atoms with Crippen LogP contribution < -0.4 is 32.9 Å². The Bertz CT molecular complexity index is 1390. The first-order chi connectivity index (χ1) is 18.1. The van der Waals surface area contributed by atoms with Crippen LogP contribution in [-0.2, 0) is 6.16 Å². The molecule has 38 heavy (non-hydrogen) atoms. The normalized spacial score (nSPS) is 11.2. The van der Waals surface area contributed by atoms with Crippen LogP contribution in [0, 0.1) is 0 Å². The predicted octanol–water partition coefficient (Wildman–Crippen LogP) is 4.80. The van der Waals surface area contributed by atoms with Crippen molar-refractivity contribution in [2.75, 3.05) is 0 Å². The molecule has 188 valence electrons. The highest BCUT2D eigenvalue weighted by Gasteiger charge is 2.45. The third-order valence-corrected chi connectivity index (χ3v) is 10.9. The van der Waals surface area contributed by atoms with E-state index in [0.717, 1.165) is 17.5 Å². The standard InChI is InChI=1S/C33H28N2OP.BrH/c1-26(36)28-19-23-30(24-20-28)35-34-29-21-17-27(18-22-29)25-37(31-11-5-2-6-12-31,32-13-7-3-8-14-32)33-15-9-4-10-16-33;/h2-24H,25H2,1H3;1H/q+1;/p-1. The van der Waals surface area contributed by atoms with Gasteiger partial charge >= 0.3 is 0 Å². The molecule has 0 atom stereocenters. The van der Waals surface area contributed by atoms with Gasteiger partial charge in [0.05, 0.1) is 17.5 Å². The molecule has 3 nitrogen and oxygen atoms in total. The highest BCUT2D eigenvalue weighted by atomic mass is 79.9. The molecule has 0 N–H and O–H groups in total. The molecule has 0 unspecified atom stereocenters. The maximum absolute atomic E-state index is 11.5. The molecular weight excluding hydrogens is 551 g/mol. The van der Waals surface area contributed by atoms with Crippen molar-refractivity contribution in [3.63, 3.8) is 0 Å². The molecule has 0 aliphatic heterocycles. The lowest BCUT2D eigenvalue weighted by Gasteiger charge is -2.27. The highest BCUT2D eigenvalue weighted by Crippen LogP contribution is 2.58. The van der Waals surface area contributed by atoms with Crippen molar-refractivity contribution in [3.8, 4) is 0 Å². The Morgan fingerprint density at radius 1 is 0.553 bits per heavy atom. The number of hydrogen-bond donors (Lipinski definition) is 0. The molecule has 0 radical (unpaired) electrons. The van der Waals surface area contributed by atoms with Gasteiger partial charge in [-0.1, -0.05) is 66.7 Å². The second kappa shape index (κ2) is 12.7. The second-order valence-electron chi connectivity index (χ2n) is 8.94. The summed E-state index contributed by atoms with van der Waals surface area (Å²) in [6.45, 7) is 1.56. The van der Waals surface area contributed by atoms with Crippen LogP contribution >= 0.6 is 7.26 Å². The predicted molar refractivity (Wildman–Crippen MR) is 156 cm³/mol. The Morgan fingerprint density at radius 2 is 0.921 bits per heavy atom. The third kappa shape index (κ3) is 6.05. The molecule has 0 saturated heterocycles. The first-order valence-electron chi connectivity index (χ1n) is 12.3. The number of nitrogens with zero attached hydrogens (tertiary/aromatic N) is 2. The van der Waals surface area contributed by atoms with Gasteiger partial charge in [0.1, 0.15) is 23.2 Å². The van der Waals surface area contributed by atoms with Gasteiger partial charge in [0, 0.05) is 5.56 Å². The highest BCUT2D eigenvalue weighted by molar-refractivity contribution is 7.95. The smallest absolute Gasteiger partial charge is 0.159 e. The van der Waals surface area contributed by atoms with Crippen molar-refractivity contribution in [3.05, 3.63) is 151 Å². The molecule has 0 aliphatic rings. The number of azo groups is 1. The number of halogens is 1. The molecule has 0 aromatic heterocycles. The fourth-order valence-corrected chi connectivity index (χ4v) is 8.83. The third-order valence-electron chi connectivity index (χ3n) is 6.50. The van der Waals surface area contributed by atoms with E-state index in [1.807, 2.05) is 24.3 Å². The van der Waals surface area contributed by atoms with Crippen LogP contribution in [0.5, 0.6) is 0 Å². The quantitative estimate of drug-likeness (QED) is 0.148. The summed E-state index contributed by atoms with van der Waals surface area (Å²) in [6, 6.07) is 48.3. The van der Waals surface area contributed by atoms with Crippen LogP contribution in [0.1, 0.15) is 22.8 Å². The Kier molecular flexibility index (Phi) is 9.12. The average molecular weight is 579 g/mol. The molecule has 0 amide bonds. The van der Waals surface area contributed by atoms with Gasteiger partial charge in [0.2, 0.25) is 0 Å². The van der Waals surface area contributed by atoms with E-state index >= 15 is 0 Å². The number of carbonyl (C=O) groups excluding carboxylic acids is 1. The van der Waals surface area contributed by atoms with Crippen LogP contribution in [0.2, 0.25) is 0 Å². The summed E-state index contributed by atoms with van der Waals surface area (Å²) in [6.07, 6.45) is 0.912. The zero-order chi connectivity index (χ0) is 25.5. The summed E-state index contributed by atoms with van der Waals surface area (Å²) < 4.78 is 0. The van der Waals surface area contributed by atoms with E-state index in [1.54, 1.807) is 19.1 Å². The number of hydrogen-bond acceptors (Lipinski definition) is 3. The largest absolute Gasteiger partial charge is 1.00 e. The minimum absolute atomic E-state index is 0. The number of carbonyl (C=O) groups is 1. The molecular formula is C33H28BrN2OP. The van der Waals surface area contributed by atoms with Gasteiger partial charge < -0.3 is 17.0 Å². The number of Topliss-reactive ketones (excluding diaryl/α,β-unsaturated/α-hetero) is 1. The molecule has 0 saturated carbocycles. The summed E-state index contributed by atoms with van der Waals surface area (Å²) in [5.41, 5.74) is 3.44. The van der Waals surface area contributed by atoms with Crippen LogP contribution in [-0.4, -0.2) is 5.78 Å². The lowest BCUT2D eigenvalue weighted by molar-refractivity contribution is -0.0000153. The first-order valence-corrected chi connectivity index (χ1v) is 14.3. The van der Waals surface area contributed by atoms with E-state index in [4.69, 9.17) is 0 Å². The minimum atomic E-state index is -1.95. The van der Waals surface area contributed by atoms with Gasteiger partial charge in [-0.25, -0.2) is 0 Å². The Labute approximate surface area is 235 Å². The zero-order valence-corrected chi connectivity index (χ0v) is 23.6. The summed E-state index contributed by atoms with van der Waals surface area (Å²) in [4.78, 5) is 11.5. The lowest BCUT2D eigenvalue weighted by atomic mass is 10.1. The van der Waals surface area contributed by atoms with E-state index < -0.39 is 7.26 Å². The molecule has 0 heterocycles. The fraction of sp³-hybridized carbons (Fsp3) is 0.0606. The van der Waals surface area contributed by atoms with E-state index in [1.165, 1.54) is 21.5 Å². The van der Waals surface area contributed by atoms with Gasteiger partial charge in [-0.05, 0) is 85.3 Å². The lowest BCUT2D eigenvalue weighted by Crippen LogP contribution is -3.00. The zero-order valence-electron chi connectivity index (χ0n) is 21.1. The second-order valence-corrected chi connectivity index (χ2v) is 12.4. The van der Waals surface area contributed by atoms with Crippen molar-refractivity contribution >= 4 is 40.3 Å². The maximum Gasteiger partial charge on any atom is 0.159 e. The van der Waals surface area contributed by atoms with E-state index in [2.05, 4.69) is 113 Å². The number of rotatable bonds is 8. The topological polar surface area (TPSA) is 41.8 Å². The summed E-state index contributed by atoms with van der Waals surface area (Å²) in [5.74, 6) is 0.0412. The van der Waals surface area contributed by atoms with E-state index in [-0.39, 0.29) is 22.8 Å². The Morgan fingerprint density at radius 3 is 1.29 bits per heavy atom. The molecule has 5 rings (SSSR count). The van der Waals surface area contributed by atoms with Gasteiger partial charge in [-0.2, -0.15) is 10.2 Å². The summed E-state index contributed by atoms with van der Waals surface area (Å²) in [5, 5.41) is 12.9. The molecule has 0 fully saturated rings. The summed E-state index contributed by atoms with van der Waals surface area (Å²) >= 11 is 0. The van der Waals surface area contributed by atoms with Crippen LogP contribution in [0.4, 0.5) is 11.4 Å². The minimum Gasteiger partial charge on any atom is -1.00 e. The van der Waals surface area contributed by atoms with Crippen molar-refractivity contribution < 1.29 is 21.8 Å². The molecule has 0 aliphatic carbocycles. The molecule has 5 aromatic carbocycles. The SMILES string of the molecule is CC(=O)c1ccc(N=Nc2ccc(C[P+](c3ccccc3)(c3ccccc3)c3ccccc3)cc2)cc1.[Br-]. The number of ketones is 1. The van der Waals surface area contributed by atoms with Crippen molar-refractivity contribution in [2.45, 2.75) is 13.1 Å². The molecule has 5 heteroatoms. The Balaban J connectivity index is 0.00000336. The van der Waals surface area contributed by atoms with Gasteiger partial charge in [-0.15, -0.1) is 0 Å². The van der Waals surface area contributed by atoms with E-state index in [9.17, 15) is 4.79 Å². The van der Waals surface area contributed by atoms with Crippen molar-refractivity contribution in [2.24, 2.45) is 10.2 Å².